The van der Waals surface area contributed by atoms with Gasteiger partial charge in [-0.05, 0) is 51.6 Å². The number of nitrogens with one attached hydrogen (secondary N) is 2. The van der Waals surface area contributed by atoms with Crippen LogP contribution in [0.25, 0.3) is 11.4 Å². The number of ether oxygens (including phenoxy) is 1. The molecule has 0 bridgehead atoms. The van der Waals surface area contributed by atoms with E-state index in [1.807, 2.05) is 13.0 Å². The van der Waals surface area contributed by atoms with Crippen molar-refractivity contribution in [3.8, 4) is 11.4 Å². The van der Waals surface area contributed by atoms with E-state index in [-0.39, 0.29) is 16.8 Å². The van der Waals surface area contributed by atoms with Gasteiger partial charge in [0.05, 0.1) is 25.5 Å². The number of rotatable bonds is 6. The number of amides is 2. The van der Waals surface area contributed by atoms with Crippen molar-refractivity contribution in [1.29, 1.82) is 0 Å². The molecule has 2 aromatic heterocycles. The van der Waals surface area contributed by atoms with E-state index < -0.39 is 0 Å². The second-order valence-corrected chi connectivity index (χ2v) is 9.32. The van der Waals surface area contributed by atoms with Gasteiger partial charge in [-0.3, -0.25) is 5.32 Å². The molecule has 9 heteroatoms. The molecule has 0 aromatic carbocycles. The van der Waals surface area contributed by atoms with Gasteiger partial charge in [0.1, 0.15) is 17.3 Å². The maximum atomic E-state index is 11.7. The highest BCUT2D eigenvalue weighted by atomic mass is 32.2. The predicted octanol–water partition coefficient (Wildman–Crippen LogP) is 2.58. The first-order valence-electron chi connectivity index (χ1n) is 10.2. The van der Waals surface area contributed by atoms with Gasteiger partial charge in [-0.1, -0.05) is 0 Å². The molecule has 3 rings (SSSR count). The Balaban J connectivity index is 1.96. The Morgan fingerprint density at radius 3 is 2.80 bits per heavy atom. The average Bonchev–Trinajstić information content (AvgIpc) is 2.74. The lowest BCUT2D eigenvalue weighted by atomic mass is 10.1. The molecule has 1 atom stereocenters. The van der Waals surface area contributed by atoms with Crippen molar-refractivity contribution >= 4 is 29.4 Å². The molecular weight excluding hydrogens is 400 g/mol. The zero-order chi connectivity index (χ0) is 21.7. The minimum Gasteiger partial charge on any atom is -0.377 e. The molecule has 1 aliphatic heterocycles. The SMILES string of the molecule is CCNC(=O)Nc1ccc(-c2nc(N3CCOC[C@@H]3C)cc(C(C)(C)[SH+]C)n2)cn1. The Kier molecular flexibility index (Phi) is 7.14. The lowest BCUT2D eigenvalue weighted by Crippen LogP contribution is -2.44. The number of urea groups is 1. The van der Waals surface area contributed by atoms with Gasteiger partial charge in [0.25, 0.3) is 0 Å². The molecule has 0 unspecified atom stereocenters. The number of thiol groups is 1. The minimum atomic E-state index is -0.275. The molecule has 30 heavy (non-hydrogen) atoms. The van der Waals surface area contributed by atoms with Crippen molar-refractivity contribution in [2.45, 2.75) is 38.5 Å². The van der Waals surface area contributed by atoms with Crippen LogP contribution in [0.5, 0.6) is 0 Å². The van der Waals surface area contributed by atoms with Crippen molar-refractivity contribution in [2.75, 3.05) is 42.8 Å². The summed E-state index contributed by atoms with van der Waals surface area (Å²) in [5.41, 5.74) is 1.80. The highest BCUT2D eigenvalue weighted by Crippen LogP contribution is 2.29. The highest BCUT2D eigenvalue weighted by Gasteiger charge is 2.31. The van der Waals surface area contributed by atoms with Crippen LogP contribution in [-0.4, -0.2) is 59.6 Å². The van der Waals surface area contributed by atoms with E-state index in [4.69, 9.17) is 14.7 Å². The summed E-state index contributed by atoms with van der Waals surface area (Å²) in [6, 6.07) is 5.72. The van der Waals surface area contributed by atoms with Gasteiger partial charge in [-0.25, -0.2) is 19.7 Å². The fourth-order valence-corrected chi connectivity index (χ4v) is 3.47. The number of aromatic nitrogens is 3. The summed E-state index contributed by atoms with van der Waals surface area (Å²) < 4.78 is 5.49. The first-order chi connectivity index (χ1) is 14.3. The van der Waals surface area contributed by atoms with Crippen molar-refractivity contribution in [2.24, 2.45) is 0 Å². The van der Waals surface area contributed by atoms with Crippen molar-refractivity contribution in [1.82, 2.24) is 20.3 Å². The maximum Gasteiger partial charge on any atom is 0.320 e. The van der Waals surface area contributed by atoms with Gasteiger partial charge in [0, 0.05) is 30.9 Å². The zero-order valence-electron chi connectivity index (χ0n) is 18.3. The third-order valence-corrected chi connectivity index (χ3v) is 6.51. The number of anilines is 2. The number of hydrogen-bond acceptors (Lipinski definition) is 6. The van der Waals surface area contributed by atoms with Gasteiger partial charge in [-0.15, -0.1) is 0 Å². The Morgan fingerprint density at radius 1 is 1.37 bits per heavy atom. The Bertz CT molecular complexity index is 874. The molecule has 0 spiro atoms. The van der Waals surface area contributed by atoms with Gasteiger partial charge >= 0.3 is 6.03 Å². The lowest BCUT2D eigenvalue weighted by molar-refractivity contribution is 0.0985. The number of pyridine rings is 1. The van der Waals surface area contributed by atoms with Crippen LogP contribution in [0.3, 0.4) is 0 Å². The van der Waals surface area contributed by atoms with E-state index in [0.29, 0.717) is 31.4 Å². The predicted molar refractivity (Wildman–Crippen MR) is 123 cm³/mol. The molecule has 1 aliphatic rings. The van der Waals surface area contributed by atoms with E-state index >= 15 is 0 Å². The molecule has 0 saturated carbocycles. The number of nitrogens with zero attached hydrogens (tertiary/aromatic N) is 4. The van der Waals surface area contributed by atoms with Crippen LogP contribution in [0.4, 0.5) is 16.4 Å². The Hall–Kier alpha value is -2.39. The molecule has 0 radical (unpaired) electrons. The standard InChI is InChI=1S/C21H30N6O2S/c1-6-22-20(28)25-17-8-7-15(12-23-17)19-24-16(21(3,4)30-5)11-18(26-19)27-9-10-29-13-14(27)2/h7-8,11-12,14H,6,9-10,13H2,1-5H3,(H2,22,23,25,28)/p+1/t14-/m0/s1. The van der Waals surface area contributed by atoms with E-state index in [0.717, 1.165) is 23.6 Å². The summed E-state index contributed by atoms with van der Waals surface area (Å²) >= 11 is 1.23. The van der Waals surface area contributed by atoms with Crippen molar-refractivity contribution < 1.29 is 9.53 Å². The van der Waals surface area contributed by atoms with Crippen LogP contribution < -0.4 is 15.5 Å². The highest BCUT2D eigenvalue weighted by molar-refractivity contribution is 7.78. The summed E-state index contributed by atoms with van der Waals surface area (Å²) in [5, 5.41) is 5.40. The topological polar surface area (TPSA) is 92.3 Å². The molecule has 1 saturated heterocycles. The smallest absolute Gasteiger partial charge is 0.320 e. The van der Waals surface area contributed by atoms with Crippen molar-refractivity contribution in [3.63, 3.8) is 0 Å². The van der Waals surface area contributed by atoms with E-state index in [2.05, 4.69) is 53.6 Å². The second kappa shape index (κ2) is 9.61. The molecule has 2 aromatic rings. The van der Waals surface area contributed by atoms with Crippen LogP contribution >= 0.6 is 0 Å². The van der Waals surface area contributed by atoms with Gasteiger partial charge in [0.15, 0.2) is 10.6 Å². The lowest BCUT2D eigenvalue weighted by Gasteiger charge is -2.34. The van der Waals surface area contributed by atoms with Crippen LogP contribution in [0.2, 0.25) is 0 Å². The fraction of sp³-hybridized carbons (Fsp3) is 0.524. The first-order valence-corrected chi connectivity index (χ1v) is 11.5. The average molecular weight is 432 g/mol. The van der Waals surface area contributed by atoms with E-state index in [1.165, 1.54) is 11.8 Å². The third-order valence-electron chi connectivity index (χ3n) is 5.16. The van der Waals surface area contributed by atoms with E-state index in [1.54, 1.807) is 12.3 Å². The quantitative estimate of drug-likeness (QED) is 0.540. The first kappa shape index (κ1) is 22.3. The molecule has 0 aliphatic carbocycles. The fourth-order valence-electron chi connectivity index (χ4n) is 3.13. The van der Waals surface area contributed by atoms with Gasteiger partial charge in [0.2, 0.25) is 0 Å². The number of morpholine rings is 1. The number of hydrogen-bond donors (Lipinski definition) is 2. The van der Waals surface area contributed by atoms with Crippen molar-refractivity contribution in [3.05, 3.63) is 30.1 Å². The summed E-state index contributed by atoms with van der Waals surface area (Å²) in [7, 11) is 0. The normalized spacial score (nSPS) is 17.0. The third kappa shape index (κ3) is 5.20. The minimum absolute atomic E-state index is 0.102. The zero-order valence-corrected chi connectivity index (χ0v) is 19.2. The van der Waals surface area contributed by atoms with E-state index in [9.17, 15) is 4.79 Å². The second-order valence-electron chi connectivity index (χ2n) is 7.75. The van der Waals surface area contributed by atoms with Gasteiger partial charge < -0.3 is 15.0 Å². The summed E-state index contributed by atoms with van der Waals surface area (Å²) in [4.78, 5) is 28.1. The maximum absolute atomic E-state index is 11.7. The molecular formula is C21H31N6O2S+. The summed E-state index contributed by atoms with van der Waals surface area (Å²) in [6.07, 6.45) is 3.84. The monoisotopic (exact) mass is 431 g/mol. The van der Waals surface area contributed by atoms with Crippen LogP contribution in [0, 0.1) is 0 Å². The molecule has 8 nitrogen and oxygen atoms in total. The molecule has 2 N–H and O–H groups in total. The molecule has 2 amide bonds. The largest absolute Gasteiger partial charge is 0.377 e. The Morgan fingerprint density at radius 2 is 2.17 bits per heavy atom. The van der Waals surface area contributed by atoms with Crippen LogP contribution in [0.1, 0.15) is 33.4 Å². The number of carbonyl (C=O) groups is 1. The molecule has 3 heterocycles. The van der Waals surface area contributed by atoms with Crippen LogP contribution in [-0.2, 0) is 21.2 Å². The van der Waals surface area contributed by atoms with Crippen LogP contribution in [0.15, 0.2) is 24.4 Å². The summed E-state index contributed by atoms with van der Waals surface area (Å²) in [6.45, 7) is 11.1. The van der Waals surface area contributed by atoms with Gasteiger partial charge in [-0.2, -0.15) is 0 Å². The molecule has 1 fully saturated rings. The Labute approximate surface area is 182 Å². The summed E-state index contributed by atoms with van der Waals surface area (Å²) in [5.74, 6) is 2.03. The number of carbonyl (C=O) groups excluding carboxylic acids is 1. The molecule has 162 valence electrons.